The van der Waals surface area contributed by atoms with Crippen molar-refractivity contribution >= 4 is 23.3 Å². The van der Waals surface area contributed by atoms with E-state index in [9.17, 15) is 4.39 Å². The lowest BCUT2D eigenvalue weighted by atomic mass is 10.2. The second kappa shape index (κ2) is 4.30. The summed E-state index contributed by atoms with van der Waals surface area (Å²) in [5, 5.41) is 0. The van der Waals surface area contributed by atoms with Gasteiger partial charge in [0.1, 0.15) is 11.6 Å². The summed E-state index contributed by atoms with van der Waals surface area (Å²) in [5.41, 5.74) is 1.45. The van der Waals surface area contributed by atoms with Crippen LogP contribution in [0, 0.1) is 5.82 Å². The predicted molar refractivity (Wildman–Crippen MR) is 68.1 cm³/mol. The summed E-state index contributed by atoms with van der Waals surface area (Å²) in [6.45, 7) is 0. The fourth-order valence-corrected chi connectivity index (χ4v) is 2.64. The highest BCUT2D eigenvalue weighted by Crippen LogP contribution is 2.43. The lowest BCUT2D eigenvalue weighted by Gasteiger charge is -2.29. The van der Waals surface area contributed by atoms with Crippen molar-refractivity contribution in [2.24, 2.45) is 0 Å². The van der Waals surface area contributed by atoms with E-state index in [0.29, 0.717) is 11.6 Å². The van der Waals surface area contributed by atoms with Gasteiger partial charge in [-0.15, -0.1) is 0 Å². The van der Waals surface area contributed by atoms with Gasteiger partial charge in [0, 0.05) is 0 Å². The summed E-state index contributed by atoms with van der Waals surface area (Å²) in [5.74, 6) is 1.05. The van der Waals surface area contributed by atoms with Crippen molar-refractivity contribution in [1.82, 2.24) is 0 Å². The van der Waals surface area contributed by atoms with E-state index in [1.807, 2.05) is 34.6 Å². The second-order valence-corrected chi connectivity index (χ2v) is 4.46. The number of benzene rings is 2. The molecule has 2 aromatic rings. The van der Waals surface area contributed by atoms with Crippen LogP contribution in [0.1, 0.15) is 0 Å². The molecule has 0 amide bonds. The maximum Gasteiger partial charge on any atom is 0.153 e. The molecular formula is C13H10FNOS. The summed E-state index contributed by atoms with van der Waals surface area (Å²) in [7, 11) is 0. The minimum Gasteiger partial charge on any atom is -0.479 e. The molecule has 0 aliphatic carbocycles. The van der Waals surface area contributed by atoms with Crippen LogP contribution in [0.15, 0.2) is 48.5 Å². The number of fused-ring (bicyclic) bond motifs is 1. The molecule has 0 saturated carbocycles. The first-order valence-corrected chi connectivity index (χ1v) is 6.20. The van der Waals surface area contributed by atoms with Crippen LogP contribution >= 0.6 is 11.9 Å². The quantitative estimate of drug-likeness (QED) is 0.708. The van der Waals surface area contributed by atoms with E-state index in [4.69, 9.17) is 4.74 Å². The number of hydrogen-bond acceptors (Lipinski definition) is 3. The number of para-hydroxylation sites is 3. The number of hydrogen-bond donors (Lipinski definition) is 0. The Balaban J connectivity index is 2.09. The molecule has 0 unspecified atom stereocenters. The van der Waals surface area contributed by atoms with Gasteiger partial charge in [-0.3, -0.25) is 4.31 Å². The van der Waals surface area contributed by atoms with Gasteiger partial charge in [-0.2, -0.15) is 0 Å². The fourth-order valence-electron chi connectivity index (χ4n) is 1.77. The van der Waals surface area contributed by atoms with Gasteiger partial charge in [0.25, 0.3) is 0 Å². The number of halogens is 1. The SMILES string of the molecule is Fc1ccccc1N1SCOc2ccccc21. The summed E-state index contributed by atoms with van der Waals surface area (Å²) in [4.78, 5) is 0. The lowest BCUT2D eigenvalue weighted by Crippen LogP contribution is -2.17. The molecule has 0 fully saturated rings. The maximum atomic E-state index is 13.8. The van der Waals surface area contributed by atoms with Gasteiger partial charge < -0.3 is 4.74 Å². The van der Waals surface area contributed by atoms with Crippen LogP contribution in [0.4, 0.5) is 15.8 Å². The number of anilines is 2. The zero-order valence-corrected chi connectivity index (χ0v) is 9.78. The molecule has 4 heteroatoms. The van der Waals surface area contributed by atoms with Crippen molar-refractivity contribution in [3.05, 3.63) is 54.3 Å². The molecule has 2 nitrogen and oxygen atoms in total. The van der Waals surface area contributed by atoms with E-state index in [1.165, 1.54) is 18.0 Å². The number of rotatable bonds is 1. The van der Waals surface area contributed by atoms with E-state index in [1.54, 1.807) is 12.1 Å². The van der Waals surface area contributed by atoms with Gasteiger partial charge >= 0.3 is 0 Å². The van der Waals surface area contributed by atoms with E-state index < -0.39 is 0 Å². The Hall–Kier alpha value is -1.68. The molecule has 0 bridgehead atoms. The van der Waals surface area contributed by atoms with Crippen molar-refractivity contribution in [1.29, 1.82) is 0 Å². The second-order valence-electron chi connectivity index (χ2n) is 3.60. The third-order valence-electron chi connectivity index (χ3n) is 2.55. The van der Waals surface area contributed by atoms with Crippen molar-refractivity contribution in [3.8, 4) is 5.75 Å². The summed E-state index contributed by atoms with van der Waals surface area (Å²) in [6.07, 6.45) is 0. The van der Waals surface area contributed by atoms with Crippen LogP contribution < -0.4 is 9.04 Å². The molecule has 0 radical (unpaired) electrons. The minimum atomic E-state index is -0.225. The first-order chi connectivity index (χ1) is 8.36. The lowest BCUT2D eigenvalue weighted by molar-refractivity contribution is 0.390. The molecule has 0 aromatic heterocycles. The first-order valence-electron chi connectivity index (χ1n) is 5.25. The molecule has 0 N–H and O–H groups in total. The highest BCUT2D eigenvalue weighted by atomic mass is 32.2. The van der Waals surface area contributed by atoms with Crippen LogP contribution in [-0.2, 0) is 0 Å². The molecule has 2 aromatic carbocycles. The summed E-state index contributed by atoms with van der Waals surface area (Å²) < 4.78 is 21.2. The van der Waals surface area contributed by atoms with Crippen molar-refractivity contribution in [2.45, 2.75) is 0 Å². The monoisotopic (exact) mass is 247 g/mol. The van der Waals surface area contributed by atoms with E-state index in [-0.39, 0.29) is 5.82 Å². The van der Waals surface area contributed by atoms with E-state index >= 15 is 0 Å². The average molecular weight is 247 g/mol. The molecule has 1 aliphatic rings. The van der Waals surface area contributed by atoms with Crippen molar-refractivity contribution in [2.75, 3.05) is 10.2 Å². The minimum absolute atomic E-state index is 0.225. The molecule has 0 saturated heterocycles. The normalized spacial score (nSPS) is 14.1. The molecule has 17 heavy (non-hydrogen) atoms. The van der Waals surface area contributed by atoms with Crippen LogP contribution in [0.25, 0.3) is 0 Å². The predicted octanol–water partition coefficient (Wildman–Crippen LogP) is 3.96. The Morgan fingerprint density at radius 3 is 2.53 bits per heavy atom. The van der Waals surface area contributed by atoms with Crippen LogP contribution in [0.5, 0.6) is 5.75 Å². The van der Waals surface area contributed by atoms with E-state index in [2.05, 4.69) is 0 Å². The standard InChI is InChI=1S/C13H10FNOS/c14-10-5-1-2-6-11(10)15-12-7-3-4-8-13(12)16-9-17-15/h1-8H,9H2. The van der Waals surface area contributed by atoms with Gasteiger partial charge in [0.05, 0.1) is 11.4 Å². The van der Waals surface area contributed by atoms with Crippen LogP contribution in [0.3, 0.4) is 0 Å². The third-order valence-corrected chi connectivity index (χ3v) is 3.43. The van der Waals surface area contributed by atoms with Crippen molar-refractivity contribution < 1.29 is 9.13 Å². The smallest absolute Gasteiger partial charge is 0.153 e. The van der Waals surface area contributed by atoms with Crippen LogP contribution in [0.2, 0.25) is 0 Å². The third kappa shape index (κ3) is 1.85. The fraction of sp³-hybridized carbons (Fsp3) is 0.0769. The Kier molecular flexibility index (Phi) is 2.65. The highest BCUT2D eigenvalue weighted by molar-refractivity contribution is 8.00. The molecular weight excluding hydrogens is 237 g/mol. The van der Waals surface area contributed by atoms with Crippen molar-refractivity contribution in [3.63, 3.8) is 0 Å². The number of ether oxygens (including phenoxy) is 1. The zero-order chi connectivity index (χ0) is 11.7. The largest absolute Gasteiger partial charge is 0.479 e. The highest BCUT2D eigenvalue weighted by Gasteiger charge is 2.21. The summed E-state index contributed by atoms with van der Waals surface area (Å²) in [6, 6.07) is 14.4. The molecule has 0 atom stereocenters. The van der Waals surface area contributed by atoms with Crippen LogP contribution in [-0.4, -0.2) is 5.94 Å². The average Bonchev–Trinajstić information content (AvgIpc) is 2.39. The zero-order valence-electron chi connectivity index (χ0n) is 8.97. The molecule has 3 rings (SSSR count). The molecule has 1 heterocycles. The topological polar surface area (TPSA) is 12.5 Å². The Bertz CT molecular complexity index is 546. The van der Waals surface area contributed by atoms with Gasteiger partial charge in [0.2, 0.25) is 0 Å². The van der Waals surface area contributed by atoms with Gasteiger partial charge in [-0.1, -0.05) is 24.3 Å². The molecule has 1 aliphatic heterocycles. The molecule has 0 spiro atoms. The Labute approximate surface area is 103 Å². The summed E-state index contributed by atoms with van der Waals surface area (Å²) >= 11 is 1.44. The first kappa shape index (κ1) is 10.5. The Morgan fingerprint density at radius 1 is 1.00 bits per heavy atom. The van der Waals surface area contributed by atoms with Gasteiger partial charge in [-0.25, -0.2) is 4.39 Å². The van der Waals surface area contributed by atoms with Gasteiger partial charge in [-0.05, 0) is 36.2 Å². The maximum absolute atomic E-state index is 13.8. The molecule has 86 valence electrons. The number of nitrogens with zero attached hydrogens (tertiary/aromatic N) is 1. The van der Waals surface area contributed by atoms with Gasteiger partial charge in [0.15, 0.2) is 5.94 Å². The Morgan fingerprint density at radius 2 is 1.71 bits per heavy atom. The van der Waals surface area contributed by atoms with E-state index in [0.717, 1.165) is 11.4 Å².